The van der Waals surface area contributed by atoms with Crippen molar-refractivity contribution in [3.05, 3.63) is 60.1 Å². The average molecular weight is 335 g/mol. The lowest BCUT2D eigenvalue weighted by atomic mass is 10.2. The zero-order valence-corrected chi connectivity index (χ0v) is 12.9. The second-order valence-corrected chi connectivity index (χ2v) is 6.02. The molecular formula is C15H13NO6S. The van der Waals surface area contributed by atoms with Gasteiger partial charge in [0.15, 0.2) is 0 Å². The van der Waals surface area contributed by atoms with Gasteiger partial charge in [0.2, 0.25) is 0 Å². The van der Waals surface area contributed by atoms with Crippen molar-refractivity contribution in [2.24, 2.45) is 0 Å². The molecule has 120 valence electrons. The first-order valence-corrected chi connectivity index (χ1v) is 7.87. The summed E-state index contributed by atoms with van der Waals surface area (Å²) in [6, 6.07) is 8.41. The van der Waals surface area contributed by atoms with E-state index in [1.165, 1.54) is 37.6 Å². The maximum Gasteiger partial charge on any atom is 0.337 e. The Morgan fingerprint density at radius 1 is 1.22 bits per heavy atom. The predicted octanol–water partition coefficient (Wildman–Crippen LogP) is 1.58. The fourth-order valence-electron chi connectivity index (χ4n) is 1.68. The van der Waals surface area contributed by atoms with Crippen molar-refractivity contribution in [1.29, 1.82) is 0 Å². The van der Waals surface area contributed by atoms with E-state index in [2.05, 4.69) is 4.74 Å². The lowest BCUT2D eigenvalue weighted by Gasteiger charge is -2.06. The highest BCUT2D eigenvalue weighted by molar-refractivity contribution is 7.90. The number of ether oxygens (including phenoxy) is 1. The number of esters is 1. The third-order valence-corrected chi connectivity index (χ3v) is 4.09. The number of amides is 1. The zero-order chi connectivity index (χ0) is 16.9. The van der Waals surface area contributed by atoms with E-state index in [1.807, 2.05) is 4.72 Å². The highest BCUT2D eigenvalue weighted by Crippen LogP contribution is 2.12. The summed E-state index contributed by atoms with van der Waals surface area (Å²) in [6.45, 7) is 0. The van der Waals surface area contributed by atoms with E-state index in [9.17, 15) is 18.0 Å². The number of methoxy groups -OCH3 is 1. The standard InChI is InChI=1S/C15H13NO6S/c1-21-15(18)11-4-2-6-13(10-11)23(19,20)16-14(17)8-7-12-5-3-9-22-12/h2-10H,1H3,(H,16,17)/b8-7-. The van der Waals surface area contributed by atoms with Gasteiger partial charge in [-0.05, 0) is 36.4 Å². The normalized spacial score (nSPS) is 11.3. The van der Waals surface area contributed by atoms with Crippen LogP contribution >= 0.6 is 0 Å². The van der Waals surface area contributed by atoms with Crippen molar-refractivity contribution in [3.63, 3.8) is 0 Å². The molecular weight excluding hydrogens is 322 g/mol. The Labute approximate surface area is 132 Å². The van der Waals surface area contributed by atoms with Gasteiger partial charge in [0, 0.05) is 6.08 Å². The smallest absolute Gasteiger partial charge is 0.337 e. The number of furan rings is 1. The second-order valence-electron chi connectivity index (χ2n) is 4.34. The first kappa shape index (κ1) is 16.5. The highest BCUT2D eigenvalue weighted by atomic mass is 32.2. The van der Waals surface area contributed by atoms with Gasteiger partial charge in [-0.15, -0.1) is 0 Å². The van der Waals surface area contributed by atoms with Crippen molar-refractivity contribution in [2.45, 2.75) is 4.90 Å². The number of sulfonamides is 1. The number of hydrogen-bond acceptors (Lipinski definition) is 6. The fourth-order valence-corrected chi connectivity index (χ4v) is 2.67. The molecule has 0 saturated heterocycles. The van der Waals surface area contributed by atoms with Gasteiger partial charge in [-0.3, -0.25) is 4.79 Å². The molecule has 1 N–H and O–H groups in total. The van der Waals surface area contributed by atoms with E-state index < -0.39 is 21.9 Å². The minimum atomic E-state index is -4.10. The third kappa shape index (κ3) is 4.30. The van der Waals surface area contributed by atoms with Crippen LogP contribution in [0.15, 0.2) is 58.1 Å². The molecule has 1 aromatic carbocycles. The molecule has 0 aliphatic carbocycles. The molecule has 0 fully saturated rings. The molecule has 1 heterocycles. The summed E-state index contributed by atoms with van der Waals surface area (Å²) in [4.78, 5) is 22.9. The van der Waals surface area contributed by atoms with E-state index in [-0.39, 0.29) is 10.5 Å². The summed E-state index contributed by atoms with van der Waals surface area (Å²) >= 11 is 0. The molecule has 23 heavy (non-hydrogen) atoms. The first-order chi connectivity index (χ1) is 10.9. The van der Waals surface area contributed by atoms with Crippen molar-refractivity contribution >= 4 is 28.0 Å². The van der Waals surface area contributed by atoms with Crippen LogP contribution in [-0.2, 0) is 19.6 Å². The molecule has 8 heteroatoms. The quantitative estimate of drug-likeness (QED) is 0.657. The van der Waals surface area contributed by atoms with Crippen LogP contribution in [0.3, 0.4) is 0 Å². The van der Waals surface area contributed by atoms with Crippen LogP contribution in [-0.4, -0.2) is 27.4 Å². The largest absolute Gasteiger partial charge is 0.465 e. The summed E-state index contributed by atoms with van der Waals surface area (Å²) < 4.78 is 35.6. The fraction of sp³-hybridized carbons (Fsp3) is 0.0667. The Morgan fingerprint density at radius 3 is 2.65 bits per heavy atom. The summed E-state index contributed by atoms with van der Waals surface area (Å²) in [5, 5.41) is 0. The lowest BCUT2D eigenvalue weighted by molar-refractivity contribution is -0.114. The molecule has 7 nitrogen and oxygen atoms in total. The molecule has 2 rings (SSSR count). The van der Waals surface area contributed by atoms with Gasteiger partial charge in [0.25, 0.3) is 15.9 Å². The number of carbonyl (C=O) groups is 2. The van der Waals surface area contributed by atoms with Crippen LogP contribution in [0.25, 0.3) is 6.08 Å². The summed E-state index contributed by atoms with van der Waals surface area (Å²) in [7, 11) is -2.92. The van der Waals surface area contributed by atoms with Gasteiger partial charge in [-0.25, -0.2) is 17.9 Å². The molecule has 1 aromatic heterocycles. The molecule has 0 bridgehead atoms. The minimum absolute atomic E-state index is 0.0638. The average Bonchev–Trinajstić information content (AvgIpc) is 3.05. The van der Waals surface area contributed by atoms with Crippen molar-refractivity contribution in [1.82, 2.24) is 4.72 Å². The van der Waals surface area contributed by atoms with Crippen molar-refractivity contribution in [3.8, 4) is 0 Å². The maximum atomic E-state index is 12.1. The van der Waals surface area contributed by atoms with Crippen molar-refractivity contribution < 1.29 is 27.2 Å². The predicted molar refractivity (Wildman–Crippen MR) is 80.9 cm³/mol. The Morgan fingerprint density at radius 2 is 2.00 bits per heavy atom. The second kappa shape index (κ2) is 6.93. The monoisotopic (exact) mass is 335 g/mol. The lowest BCUT2D eigenvalue weighted by Crippen LogP contribution is -2.29. The van der Waals surface area contributed by atoms with Gasteiger partial charge in [-0.1, -0.05) is 6.07 Å². The van der Waals surface area contributed by atoms with Crippen LogP contribution in [0.1, 0.15) is 16.1 Å². The molecule has 0 aliphatic rings. The molecule has 0 spiro atoms. The number of hydrogen-bond donors (Lipinski definition) is 1. The summed E-state index contributed by atoms with van der Waals surface area (Å²) in [5.74, 6) is -1.11. The van der Waals surface area contributed by atoms with Crippen LogP contribution in [0.2, 0.25) is 0 Å². The molecule has 0 aliphatic heterocycles. The van der Waals surface area contributed by atoms with E-state index >= 15 is 0 Å². The summed E-state index contributed by atoms with van der Waals surface area (Å²) in [6.07, 6.45) is 3.78. The Kier molecular flexibility index (Phi) is 4.97. The minimum Gasteiger partial charge on any atom is -0.465 e. The Hall–Kier alpha value is -2.87. The summed E-state index contributed by atoms with van der Waals surface area (Å²) in [5.41, 5.74) is 0.0638. The maximum absolute atomic E-state index is 12.1. The van der Waals surface area contributed by atoms with Crippen molar-refractivity contribution in [2.75, 3.05) is 7.11 Å². The number of carbonyl (C=O) groups excluding carboxylic acids is 2. The number of nitrogens with one attached hydrogen (secondary N) is 1. The molecule has 0 saturated carbocycles. The molecule has 0 atom stereocenters. The van der Waals surface area contributed by atoms with Gasteiger partial charge >= 0.3 is 5.97 Å². The first-order valence-electron chi connectivity index (χ1n) is 6.39. The van der Waals surface area contributed by atoms with E-state index in [0.29, 0.717) is 5.76 Å². The SMILES string of the molecule is COC(=O)c1cccc(S(=O)(=O)NC(=O)/C=C\c2ccco2)c1. The van der Waals surface area contributed by atoms with Crippen LogP contribution in [0.5, 0.6) is 0 Å². The Balaban J connectivity index is 2.15. The van der Waals surface area contributed by atoms with E-state index in [0.717, 1.165) is 12.1 Å². The van der Waals surface area contributed by atoms with Crippen LogP contribution in [0.4, 0.5) is 0 Å². The van der Waals surface area contributed by atoms with Gasteiger partial charge in [-0.2, -0.15) is 0 Å². The number of rotatable bonds is 5. The van der Waals surface area contributed by atoms with Crippen LogP contribution < -0.4 is 4.72 Å². The van der Waals surface area contributed by atoms with Crippen LogP contribution in [0, 0.1) is 0 Å². The Bertz CT molecular complexity index is 837. The van der Waals surface area contributed by atoms with Gasteiger partial charge < -0.3 is 9.15 Å². The van der Waals surface area contributed by atoms with E-state index in [4.69, 9.17) is 4.42 Å². The topological polar surface area (TPSA) is 103 Å². The zero-order valence-electron chi connectivity index (χ0n) is 12.1. The highest BCUT2D eigenvalue weighted by Gasteiger charge is 2.18. The molecule has 2 aromatic rings. The molecule has 0 radical (unpaired) electrons. The number of benzene rings is 1. The molecule has 0 unspecified atom stereocenters. The third-order valence-electron chi connectivity index (χ3n) is 2.74. The van der Waals surface area contributed by atoms with E-state index in [1.54, 1.807) is 12.1 Å². The van der Waals surface area contributed by atoms with Gasteiger partial charge in [0.1, 0.15) is 5.76 Å². The van der Waals surface area contributed by atoms with Gasteiger partial charge in [0.05, 0.1) is 23.8 Å². The molecule has 1 amide bonds.